The third-order valence-corrected chi connectivity index (χ3v) is 8.36. The third kappa shape index (κ3) is 3.75. The summed E-state index contributed by atoms with van der Waals surface area (Å²) in [4.78, 5) is 24.4. The molecule has 7 nitrogen and oxygen atoms in total. The number of hydrogen-bond acceptors (Lipinski definition) is 6. The summed E-state index contributed by atoms with van der Waals surface area (Å²) < 4.78 is 33.2. The van der Waals surface area contributed by atoms with E-state index in [1.54, 1.807) is 29.6 Å². The minimum absolute atomic E-state index is 0.00571. The van der Waals surface area contributed by atoms with Crippen LogP contribution < -0.4 is 10.9 Å². The monoisotopic (exact) mass is 466 g/mol. The van der Waals surface area contributed by atoms with E-state index >= 15 is 0 Å². The quantitative estimate of drug-likeness (QED) is 0.461. The van der Waals surface area contributed by atoms with Crippen LogP contribution in [0, 0.1) is 0 Å². The van der Waals surface area contributed by atoms with Crippen LogP contribution in [-0.2, 0) is 23.0 Å². The van der Waals surface area contributed by atoms with Crippen molar-refractivity contribution in [1.82, 2.24) is 4.31 Å². The normalized spacial score (nSPS) is 14.2. The van der Waals surface area contributed by atoms with Crippen LogP contribution in [0.2, 0.25) is 0 Å². The molecule has 0 aliphatic carbocycles. The van der Waals surface area contributed by atoms with E-state index in [0.29, 0.717) is 29.6 Å². The Balaban J connectivity index is 1.41. The molecule has 1 aliphatic rings. The third-order valence-electron chi connectivity index (χ3n) is 5.43. The lowest BCUT2D eigenvalue weighted by atomic mass is 10.0. The number of thiophene rings is 1. The molecule has 4 aromatic rings. The minimum atomic E-state index is -3.84. The maximum Gasteiger partial charge on any atom is 0.336 e. The Bertz CT molecular complexity index is 1500. The number of sulfonamides is 1. The molecule has 2 aromatic heterocycles. The lowest BCUT2D eigenvalue weighted by Gasteiger charge is -2.28. The first-order chi connectivity index (χ1) is 15.4. The summed E-state index contributed by atoms with van der Waals surface area (Å²) in [5, 5.41) is 5.00. The molecule has 0 spiro atoms. The first-order valence-electron chi connectivity index (χ1n) is 9.91. The van der Waals surface area contributed by atoms with E-state index in [9.17, 15) is 18.0 Å². The van der Waals surface area contributed by atoms with Gasteiger partial charge in [-0.25, -0.2) is 13.2 Å². The van der Waals surface area contributed by atoms with Gasteiger partial charge >= 0.3 is 5.63 Å². The average molecular weight is 467 g/mol. The van der Waals surface area contributed by atoms with Gasteiger partial charge in [0.15, 0.2) is 0 Å². The molecule has 0 radical (unpaired) electrons. The maximum atomic E-state index is 13.4. The molecule has 0 bridgehead atoms. The highest BCUT2D eigenvalue weighted by molar-refractivity contribution is 7.89. The first kappa shape index (κ1) is 20.6. The predicted molar refractivity (Wildman–Crippen MR) is 122 cm³/mol. The van der Waals surface area contributed by atoms with Crippen molar-refractivity contribution in [2.45, 2.75) is 17.9 Å². The standard InChI is InChI=1S/C23H18N2O5S2/c26-21-8-5-16-13-18(6-7-19(16)30-21)24-23(27)22-20(10-12-31-22)32(28,29)25-11-9-15-3-1-2-4-17(15)14-25/h1-8,10,12-13H,9,11,14H2,(H,24,27). The van der Waals surface area contributed by atoms with Gasteiger partial charge in [0.2, 0.25) is 10.0 Å². The Labute approximate surface area is 188 Å². The van der Waals surface area contributed by atoms with Crippen molar-refractivity contribution in [3.05, 3.63) is 92.5 Å². The summed E-state index contributed by atoms with van der Waals surface area (Å²) in [7, 11) is -3.84. The molecule has 32 heavy (non-hydrogen) atoms. The second kappa shape index (κ2) is 8.01. The topological polar surface area (TPSA) is 96.7 Å². The summed E-state index contributed by atoms with van der Waals surface area (Å²) in [6.07, 6.45) is 0.633. The van der Waals surface area contributed by atoms with Crippen LogP contribution in [0.3, 0.4) is 0 Å². The van der Waals surface area contributed by atoms with Gasteiger partial charge in [-0.15, -0.1) is 11.3 Å². The second-order valence-electron chi connectivity index (χ2n) is 7.43. The molecule has 5 rings (SSSR count). The van der Waals surface area contributed by atoms with Crippen molar-refractivity contribution in [1.29, 1.82) is 0 Å². The van der Waals surface area contributed by atoms with Gasteiger partial charge < -0.3 is 9.73 Å². The first-order valence-corrected chi connectivity index (χ1v) is 12.2. The Morgan fingerprint density at radius 3 is 2.69 bits per heavy atom. The van der Waals surface area contributed by atoms with E-state index in [-0.39, 0.29) is 16.3 Å². The van der Waals surface area contributed by atoms with Crippen molar-refractivity contribution < 1.29 is 17.6 Å². The highest BCUT2D eigenvalue weighted by Crippen LogP contribution is 2.30. The molecule has 1 N–H and O–H groups in total. The summed E-state index contributed by atoms with van der Waals surface area (Å²) in [5.74, 6) is -0.507. The van der Waals surface area contributed by atoms with Gasteiger partial charge in [0.25, 0.3) is 5.91 Å². The summed E-state index contributed by atoms with van der Waals surface area (Å²) in [6, 6.07) is 17.0. The van der Waals surface area contributed by atoms with Gasteiger partial charge in [0, 0.05) is 30.2 Å². The van der Waals surface area contributed by atoms with E-state index < -0.39 is 21.6 Å². The maximum absolute atomic E-state index is 13.4. The zero-order valence-electron chi connectivity index (χ0n) is 16.8. The fourth-order valence-corrected chi connectivity index (χ4v) is 6.53. The number of rotatable bonds is 4. The fraction of sp³-hybridized carbons (Fsp3) is 0.130. The number of nitrogens with one attached hydrogen (secondary N) is 1. The number of carbonyl (C=O) groups excluding carboxylic acids is 1. The molecule has 0 unspecified atom stereocenters. The van der Waals surface area contributed by atoms with Crippen LogP contribution >= 0.6 is 11.3 Å². The number of carbonyl (C=O) groups is 1. The van der Waals surface area contributed by atoms with E-state index in [0.717, 1.165) is 22.5 Å². The molecule has 0 fully saturated rings. The largest absolute Gasteiger partial charge is 0.423 e. The van der Waals surface area contributed by atoms with Gasteiger partial charge in [0.1, 0.15) is 15.4 Å². The fourth-order valence-electron chi connectivity index (χ4n) is 3.82. The highest BCUT2D eigenvalue weighted by atomic mass is 32.2. The predicted octanol–water partition coefficient (Wildman–Crippen LogP) is 3.85. The average Bonchev–Trinajstić information content (AvgIpc) is 3.30. The van der Waals surface area contributed by atoms with Gasteiger partial charge in [-0.05, 0) is 53.3 Å². The molecule has 0 atom stereocenters. The molecule has 1 amide bonds. The van der Waals surface area contributed by atoms with Gasteiger partial charge in [-0.2, -0.15) is 4.31 Å². The number of benzene rings is 2. The lowest BCUT2D eigenvalue weighted by Crippen LogP contribution is -2.36. The molecule has 162 valence electrons. The number of fused-ring (bicyclic) bond motifs is 2. The lowest BCUT2D eigenvalue weighted by molar-refractivity contribution is 0.102. The molecule has 0 saturated carbocycles. The zero-order valence-corrected chi connectivity index (χ0v) is 18.4. The number of hydrogen-bond donors (Lipinski definition) is 1. The van der Waals surface area contributed by atoms with Crippen molar-refractivity contribution in [3.63, 3.8) is 0 Å². The molecule has 3 heterocycles. The second-order valence-corrected chi connectivity index (χ2v) is 10.3. The number of nitrogens with zero attached hydrogens (tertiary/aromatic N) is 1. The minimum Gasteiger partial charge on any atom is -0.423 e. The van der Waals surface area contributed by atoms with Crippen LogP contribution in [-0.4, -0.2) is 25.2 Å². The number of anilines is 1. The van der Waals surface area contributed by atoms with Gasteiger partial charge in [-0.1, -0.05) is 24.3 Å². The highest BCUT2D eigenvalue weighted by Gasteiger charge is 2.32. The van der Waals surface area contributed by atoms with Crippen LogP contribution in [0.5, 0.6) is 0 Å². The molecule has 1 aliphatic heterocycles. The Kier molecular flexibility index (Phi) is 5.16. The van der Waals surface area contributed by atoms with Crippen LogP contribution in [0.1, 0.15) is 20.8 Å². The van der Waals surface area contributed by atoms with Crippen LogP contribution in [0.25, 0.3) is 11.0 Å². The summed E-state index contributed by atoms with van der Waals surface area (Å²) in [5.41, 5.74) is 2.55. The number of amides is 1. The Morgan fingerprint density at radius 2 is 1.84 bits per heavy atom. The van der Waals surface area contributed by atoms with Crippen molar-refractivity contribution >= 4 is 43.9 Å². The van der Waals surface area contributed by atoms with Crippen LogP contribution in [0.15, 0.2) is 80.2 Å². The van der Waals surface area contributed by atoms with E-state index in [1.165, 1.54) is 16.4 Å². The van der Waals surface area contributed by atoms with E-state index in [1.807, 2.05) is 24.3 Å². The molecule has 2 aromatic carbocycles. The Hall–Kier alpha value is -3.27. The Morgan fingerprint density at radius 1 is 1.03 bits per heavy atom. The molecule has 9 heteroatoms. The van der Waals surface area contributed by atoms with Crippen molar-refractivity contribution in [2.75, 3.05) is 11.9 Å². The van der Waals surface area contributed by atoms with Gasteiger partial charge in [-0.3, -0.25) is 4.79 Å². The SMILES string of the molecule is O=C(Nc1ccc2oc(=O)ccc2c1)c1sccc1S(=O)(=O)N1CCc2ccccc2C1. The summed E-state index contributed by atoms with van der Waals surface area (Å²) >= 11 is 1.08. The molecule has 0 saturated heterocycles. The van der Waals surface area contributed by atoms with E-state index in [4.69, 9.17) is 4.42 Å². The van der Waals surface area contributed by atoms with Gasteiger partial charge in [0.05, 0.1) is 0 Å². The zero-order chi connectivity index (χ0) is 22.3. The molecular formula is C23H18N2O5S2. The smallest absolute Gasteiger partial charge is 0.336 e. The molecular weight excluding hydrogens is 448 g/mol. The van der Waals surface area contributed by atoms with Crippen LogP contribution in [0.4, 0.5) is 5.69 Å². The van der Waals surface area contributed by atoms with E-state index in [2.05, 4.69) is 5.32 Å². The van der Waals surface area contributed by atoms with Crippen molar-refractivity contribution in [3.8, 4) is 0 Å². The van der Waals surface area contributed by atoms with Crippen molar-refractivity contribution in [2.24, 2.45) is 0 Å². The summed E-state index contributed by atoms with van der Waals surface area (Å²) in [6.45, 7) is 0.650.